The van der Waals surface area contributed by atoms with Crippen molar-refractivity contribution in [2.24, 2.45) is 33.5 Å². The van der Waals surface area contributed by atoms with E-state index in [9.17, 15) is 31.2 Å². The number of hydrogen-bond donors (Lipinski definition) is 4. The quantitative estimate of drug-likeness (QED) is 0.226. The number of fused-ring (bicyclic) bond motifs is 4. The lowest BCUT2D eigenvalue weighted by Gasteiger charge is -2.36. The van der Waals surface area contributed by atoms with E-state index in [1.54, 1.807) is 0 Å². The van der Waals surface area contributed by atoms with Gasteiger partial charge in [0.2, 0.25) is 20.0 Å². The number of sulfonamides is 2. The number of Topliss-reactive ketones (excluding diaryl/α,β-unsaturated/α-hetero) is 2. The summed E-state index contributed by atoms with van der Waals surface area (Å²) in [5, 5.41) is 9.15. The Morgan fingerprint density at radius 2 is 1.33 bits per heavy atom. The van der Waals surface area contributed by atoms with Crippen LogP contribution in [0.4, 0.5) is 0 Å². The zero-order chi connectivity index (χ0) is 26.9. The molecule has 5 unspecified atom stereocenters. The molecule has 1 amide bonds. The fourth-order valence-corrected chi connectivity index (χ4v) is 11.5. The van der Waals surface area contributed by atoms with Gasteiger partial charge in [-0.05, 0) is 48.3 Å². The molecule has 0 radical (unpaired) electrons. The molecule has 0 aliphatic heterocycles. The van der Waals surface area contributed by atoms with Crippen LogP contribution in [-0.4, -0.2) is 63.6 Å². The zero-order valence-electron chi connectivity index (χ0n) is 21.2. The lowest BCUT2D eigenvalue weighted by molar-refractivity contribution is -0.131. The summed E-state index contributed by atoms with van der Waals surface area (Å²) < 4.78 is 56.7. The van der Waals surface area contributed by atoms with Crippen LogP contribution < -0.4 is 14.9 Å². The third-order valence-corrected chi connectivity index (χ3v) is 13.4. The normalized spacial score (nSPS) is 35.4. The number of nitrogens with one attached hydrogen (secondary N) is 3. The van der Waals surface area contributed by atoms with Gasteiger partial charge in [0.15, 0.2) is 0 Å². The van der Waals surface area contributed by atoms with Crippen molar-refractivity contribution in [2.45, 2.75) is 72.3 Å². The minimum absolute atomic E-state index is 0.0857. The molecule has 0 spiro atoms. The van der Waals surface area contributed by atoms with Crippen LogP contribution in [0.15, 0.2) is 0 Å². The molecule has 11 nitrogen and oxygen atoms in total. The van der Waals surface area contributed by atoms with E-state index < -0.39 is 71.7 Å². The van der Waals surface area contributed by atoms with Crippen molar-refractivity contribution < 1.29 is 36.4 Å². The van der Waals surface area contributed by atoms with Gasteiger partial charge in [-0.1, -0.05) is 27.7 Å². The van der Waals surface area contributed by atoms with E-state index in [-0.39, 0.29) is 23.4 Å². The first-order chi connectivity index (χ1) is 16.4. The van der Waals surface area contributed by atoms with E-state index in [1.807, 2.05) is 27.7 Å². The molecule has 4 rings (SSSR count). The molecule has 0 saturated heterocycles. The Labute approximate surface area is 212 Å². The molecule has 36 heavy (non-hydrogen) atoms. The number of amides is 1. The molecule has 4 bridgehead atoms. The van der Waals surface area contributed by atoms with Crippen molar-refractivity contribution in [1.29, 1.82) is 0 Å². The number of hydrogen-bond acceptors (Lipinski definition) is 8. The van der Waals surface area contributed by atoms with Gasteiger partial charge in [-0.3, -0.25) is 19.6 Å². The van der Waals surface area contributed by atoms with E-state index in [2.05, 4.69) is 9.44 Å². The molecule has 4 saturated carbocycles. The van der Waals surface area contributed by atoms with E-state index >= 15 is 0 Å². The highest BCUT2D eigenvalue weighted by Gasteiger charge is 2.66. The number of carbonyl (C=O) groups excluding carboxylic acids is 3. The summed E-state index contributed by atoms with van der Waals surface area (Å²) in [5.41, 5.74) is -1.73. The van der Waals surface area contributed by atoms with Crippen molar-refractivity contribution in [2.75, 3.05) is 18.1 Å². The van der Waals surface area contributed by atoms with Crippen LogP contribution in [-0.2, 0) is 34.4 Å². The van der Waals surface area contributed by atoms with Crippen molar-refractivity contribution >= 4 is 37.5 Å². The maximum Gasteiger partial charge on any atom is 0.262 e. The Bertz CT molecular complexity index is 1200. The minimum atomic E-state index is -4.23. The summed E-state index contributed by atoms with van der Waals surface area (Å²) >= 11 is 0. The number of ketones is 2. The SMILES string of the molecule is CC1(C)C2CCC1(CS(=O)(=O)NCC(NS(=O)(=O)CC13CCC(CC1=O)C3(C)C)C(=O)NO)C(=O)C2. The van der Waals surface area contributed by atoms with Crippen molar-refractivity contribution in [3.8, 4) is 0 Å². The lowest BCUT2D eigenvalue weighted by Crippen LogP contribution is -2.55. The van der Waals surface area contributed by atoms with Gasteiger partial charge in [0.25, 0.3) is 5.91 Å². The van der Waals surface area contributed by atoms with Gasteiger partial charge in [0.05, 0.1) is 11.5 Å². The average Bonchev–Trinajstić information content (AvgIpc) is 3.28. The van der Waals surface area contributed by atoms with Crippen LogP contribution in [0.3, 0.4) is 0 Å². The van der Waals surface area contributed by atoms with Gasteiger partial charge in [0.1, 0.15) is 17.6 Å². The third kappa shape index (κ3) is 4.05. The number of carbonyl (C=O) groups is 3. The van der Waals surface area contributed by atoms with E-state index in [1.165, 1.54) is 5.48 Å². The van der Waals surface area contributed by atoms with Crippen LogP contribution in [0.5, 0.6) is 0 Å². The van der Waals surface area contributed by atoms with Gasteiger partial charge in [0, 0.05) is 30.2 Å². The highest BCUT2D eigenvalue weighted by atomic mass is 32.2. The fraction of sp³-hybridized carbons (Fsp3) is 0.870. The Morgan fingerprint density at radius 3 is 1.69 bits per heavy atom. The summed E-state index contributed by atoms with van der Waals surface area (Å²) in [6.45, 7) is 6.92. The molecule has 4 N–H and O–H groups in total. The molecule has 4 aliphatic carbocycles. The van der Waals surface area contributed by atoms with E-state index in [0.29, 0.717) is 25.7 Å². The van der Waals surface area contributed by atoms with Crippen molar-refractivity contribution in [3.63, 3.8) is 0 Å². The van der Waals surface area contributed by atoms with E-state index in [4.69, 9.17) is 5.21 Å². The molecule has 0 aromatic heterocycles. The van der Waals surface area contributed by atoms with Gasteiger partial charge in [-0.25, -0.2) is 31.8 Å². The summed E-state index contributed by atoms with van der Waals surface area (Å²) in [5.74, 6) is -2.09. The maximum absolute atomic E-state index is 13.1. The molecule has 0 aromatic rings. The van der Waals surface area contributed by atoms with Crippen LogP contribution in [0, 0.1) is 33.5 Å². The minimum Gasteiger partial charge on any atom is -0.299 e. The summed E-state index contributed by atoms with van der Waals surface area (Å²) in [6.07, 6.45) is 3.06. The summed E-state index contributed by atoms with van der Waals surface area (Å²) in [7, 11) is -8.31. The zero-order valence-corrected chi connectivity index (χ0v) is 22.9. The standard InChI is InChI=1S/C23H37N3O8S2/c1-20(2)14-5-7-22(20,17(27)9-14)12-35(31,32)24-11-16(19(29)25-30)26-36(33,34)13-23-8-6-15(10-18(23)28)21(23,3)4/h14-16,24,26,30H,5-13H2,1-4H3,(H,25,29). The highest BCUT2D eigenvalue weighted by Crippen LogP contribution is 2.65. The van der Waals surface area contributed by atoms with Crippen LogP contribution in [0.1, 0.15) is 66.2 Å². The van der Waals surface area contributed by atoms with Gasteiger partial charge >= 0.3 is 0 Å². The Hall–Kier alpha value is -1.41. The Balaban J connectivity index is 1.47. The second kappa shape index (κ2) is 8.55. The molecule has 4 fully saturated rings. The Kier molecular flexibility index (Phi) is 6.56. The van der Waals surface area contributed by atoms with Crippen LogP contribution in [0.2, 0.25) is 0 Å². The smallest absolute Gasteiger partial charge is 0.262 e. The molecular formula is C23H37N3O8S2. The highest BCUT2D eigenvalue weighted by molar-refractivity contribution is 7.90. The van der Waals surface area contributed by atoms with Gasteiger partial charge in [-0.15, -0.1) is 0 Å². The summed E-state index contributed by atoms with van der Waals surface area (Å²) in [6, 6.07) is -1.65. The molecular weight excluding hydrogens is 510 g/mol. The van der Waals surface area contributed by atoms with Crippen LogP contribution >= 0.6 is 0 Å². The van der Waals surface area contributed by atoms with Gasteiger partial charge < -0.3 is 0 Å². The third-order valence-electron chi connectivity index (χ3n) is 10.4. The number of rotatable bonds is 10. The first-order valence-corrected chi connectivity index (χ1v) is 15.7. The predicted octanol–water partition coefficient (Wildman–Crippen LogP) is 0.490. The molecule has 5 atom stereocenters. The molecule has 13 heteroatoms. The molecule has 0 aromatic carbocycles. The molecule has 204 valence electrons. The molecule has 4 aliphatic rings. The monoisotopic (exact) mass is 547 g/mol. The van der Waals surface area contributed by atoms with Crippen molar-refractivity contribution in [3.05, 3.63) is 0 Å². The lowest BCUT2D eigenvalue weighted by atomic mass is 9.70. The largest absolute Gasteiger partial charge is 0.299 e. The predicted molar refractivity (Wildman–Crippen MR) is 130 cm³/mol. The fourth-order valence-electron chi connectivity index (χ4n) is 7.65. The average molecular weight is 548 g/mol. The van der Waals surface area contributed by atoms with E-state index in [0.717, 1.165) is 12.8 Å². The first kappa shape index (κ1) is 27.6. The van der Waals surface area contributed by atoms with Crippen LogP contribution in [0.25, 0.3) is 0 Å². The van der Waals surface area contributed by atoms with Crippen molar-refractivity contribution in [1.82, 2.24) is 14.9 Å². The first-order valence-electron chi connectivity index (χ1n) is 12.4. The van der Waals surface area contributed by atoms with Gasteiger partial charge in [-0.2, -0.15) is 0 Å². The number of hydroxylamine groups is 1. The topological polar surface area (TPSA) is 176 Å². The molecule has 0 heterocycles. The summed E-state index contributed by atoms with van der Waals surface area (Å²) in [4.78, 5) is 37.8. The second-order valence-corrected chi connectivity index (χ2v) is 15.9. The maximum atomic E-state index is 13.1. The Morgan fingerprint density at radius 1 is 0.889 bits per heavy atom. The second-order valence-electron chi connectivity index (χ2n) is 12.3.